The molecule has 6 heteroatoms. The van der Waals surface area contributed by atoms with E-state index in [9.17, 15) is 14.7 Å². The third kappa shape index (κ3) is 3.53. The predicted octanol–water partition coefficient (Wildman–Crippen LogP) is 1.06. The van der Waals surface area contributed by atoms with Gasteiger partial charge in [0.05, 0.1) is 5.56 Å². The van der Waals surface area contributed by atoms with Crippen LogP contribution < -0.4 is 5.32 Å². The lowest BCUT2D eigenvalue weighted by Gasteiger charge is -2.38. The largest absolute Gasteiger partial charge is 0.507 e. The zero-order chi connectivity index (χ0) is 17.1. The number of piperidine rings is 1. The third-order valence-corrected chi connectivity index (χ3v) is 4.99. The predicted molar refractivity (Wildman–Crippen MR) is 90.8 cm³/mol. The van der Waals surface area contributed by atoms with Crippen LogP contribution in [-0.4, -0.2) is 65.5 Å². The number of phenolic OH excluding ortho intramolecular Hbond substituents is 1. The van der Waals surface area contributed by atoms with Gasteiger partial charge in [-0.25, -0.2) is 0 Å². The molecule has 1 aromatic rings. The Kier molecular flexibility index (Phi) is 5.04. The Morgan fingerprint density at radius 3 is 2.46 bits per heavy atom. The number of carbonyl (C=O) groups excluding carboxylic acids is 2. The van der Waals surface area contributed by atoms with Gasteiger partial charge in [-0.15, -0.1) is 0 Å². The minimum absolute atomic E-state index is 0.00435. The summed E-state index contributed by atoms with van der Waals surface area (Å²) in [4.78, 5) is 28.7. The molecule has 0 unspecified atom stereocenters. The van der Waals surface area contributed by atoms with Crippen molar-refractivity contribution in [3.8, 4) is 5.75 Å². The van der Waals surface area contributed by atoms with E-state index in [4.69, 9.17) is 0 Å². The van der Waals surface area contributed by atoms with Gasteiger partial charge in [0, 0.05) is 38.1 Å². The Balaban J connectivity index is 1.56. The van der Waals surface area contributed by atoms with Crippen LogP contribution in [0.2, 0.25) is 0 Å². The van der Waals surface area contributed by atoms with Crippen molar-refractivity contribution in [2.24, 2.45) is 5.92 Å². The molecule has 0 spiro atoms. The fourth-order valence-corrected chi connectivity index (χ4v) is 3.57. The molecule has 130 valence electrons. The van der Waals surface area contributed by atoms with Gasteiger partial charge in [0.1, 0.15) is 5.75 Å². The highest BCUT2D eigenvalue weighted by molar-refractivity contribution is 5.97. The molecule has 2 atom stereocenters. The minimum Gasteiger partial charge on any atom is -0.507 e. The van der Waals surface area contributed by atoms with Crippen LogP contribution in [0.1, 0.15) is 30.1 Å². The second-order valence-corrected chi connectivity index (χ2v) is 6.71. The molecular formula is C18H25N3O3. The topological polar surface area (TPSA) is 72.9 Å². The van der Waals surface area contributed by atoms with Crippen molar-refractivity contribution in [1.82, 2.24) is 15.1 Å². The van der Waals surface area contributed by atoms with E-state index in [1.54, 1.807) is 23.1 Å². The Hall–Kier alpha value is -2.08. The molecule has 0 radical (unpaired) electrons. The summed E-state index contributed by atoms with van der Waals surface area (Å²) in [7, 11) is 0. The fraction of sp³-hybridized carbons (Fsp3) is 0.556. The van der Waals surface area contributed by atoms with Crippen LogP contribution >= 0.6 is 0 Å². The molecular weight excluding hydrogens is 306 g/mol. The maximum atomic E-state index is 12.7. The van der Waals surface area contributed by atoms with Gasteiger partial charge in [0.15, 0.2) is 0 Å². The zero-order valence-corrected chi connectivity index (χ0v) is 14.1. The minimum atomic E-state index is -0.171. The number of benzene rings is 1. The number of para-hydroxylation sites is 1. The summed E-state index contributed by atoms with van der Waals surface area (Å²) >= 11 is 0. The van der Waals surface area contributed by atoms with Crippen LogP contribution in [0, 0.1) is 5.92 Å². The molecule has 0 aromatic heterocycles. The number of piperazine rings is 1. The quantitative estimate of drug-likeness (QED) is 0.850. The number of nitrogens with zero attached hydrogens (tertiary/aromatic N) is 2. The molecule has 6 nitrogen and oxygen atoms in total. The molecule has 24 heavy (non-hydrogen) atoms. The van der Waals surface area contributed by atoms with Gasteiger partial charge >= 0.3 is 0 Å². The van der Waals surface area contributed by atoms with Crippen LogP contribution in [0.15, 0.2) is 24.3 Å². The summed E-state index contributed by atoms with van der Waals surface area (Å²) in [5.41, 5.74) is 0.324. The molecule has 2 saturated heterocycles. The first kappa shape index (κ1) is 16.8. The third-order valence-electron chi connectivity index (χ3n) is 4.99. The Labute approximate surface area is 142 Å². The second-order valence-electron chi connectivity index (χ2n) is 6.71. The lowest BCUT2D eigenvalue weighted by Crippen LogP contribution is -2.53. The van der Waals surface area contributed by atoms with E-state index in [0.29, 0.717) is 37.8 Å². The first-order valence-electron chi connectivity index (χ1n) is 8.65. The monoisotopic (exact) mass is 331 g/mol. The smallest absolute Gasteiger partial charge is 0.257 e. The summed E-state index contributed by atoms with van der Waals surface area (Å²) in [5, 5.41) is 13.2. The summed E-state index contributed by atoms with van der Waals surface area (Å²) in [6.07, 6.45) is 1.77. The Morgan fingerprint density at radius 1 is 1.12 bits per heavy atom. The standard InChI is InChI=1S/C18H25N3O3/c1-13-12-14(6-7-19-13)17(23)20-8-10-21(11-9-20)18(24)15-4-2-3-5-16(15)22/h2-5,13-14,19,22H,6-12H2,1H3/t13-,14-/m0/s1. The van der Waals surface area contributed by atoms with E-state index in [1.165, 1.54) is 6.07 Å². The van der Waals surface area contributed by atoms with Gasteiger partial charge < -0.3 is 20.2 Å². The molecule has 0 aliphatic carbocycles. The summed E-state index contributed by atoms with van der Waals surface area (Å²) < 4.78 is 0. The lowest BCUT2D eigenvalue weighted by atomic mass is 9.92. The van der Waals surface area contributed by atoms with E-state index < -0.39 is 0 Å². The van der Waals surface area contributed by atoms with Crippen LogP contribution in [-0.2, 0) is 4.79 Å². The molecule has 0 saturated carbocycles. The fourth-order valence-electron chi connectivity index (χ4n) is 3.57. The summed E-state index contributed by atoms with van der Waals surface area (Å²) in [6, 6.07) is 6.97. The Bertz CT molecular complexity index is 611. The number of phenols is 1. The molecule has 2 N–H and O–H groups in total. The maximum Gasteiger partial charge on any atom is 0.257 e. The van der Waals surface area contributed by atoms with Crippen molar-refractivity contribution in [2.45, 2.75) is 25.8 Å². The van der Waals surface area contributed by atoms with E-state index in [-0.39, 0.29) is 23.5 Å². The molecule has 2 fully saturated rings. The molecule has 2 heterocycles. The number of aromatic hydroxyl groups is 1. The second kappa shape index (κ2) is 7.21. The van der Waals surface area contributed by atoms with E-state index in [0.717, 1.165) is 19.4 Å². The Morgan fingerprint density at radius 2 is 1.79 bits per heavy atom. The van der Waals surface area contributed by atoms with Crippen molar-refractivity contribution in [3.05, 3.63) is 29.8 Å². The average Bonchev–Trinajstić information content (AvgIpc) is 2.61. The van der Waals surface area contributed by atoms with Gasteiger partial charge in [0.2, 0.25) is 5.91 Å². The molecule has 2 aliphatic heterocycles. The van der Waals surface area contributed by atoms with Crippen molar-refractivity contribution in [1.29, 1.82) is 0 Å². The normalized spacial score (nSPS) is 24.7. The number of hydrogen-bond donors (Lipinski definition) is 2. The highest BCUT2D eigenvalue weighted by Crippen LogP contribution is 2.21. The first-order valence-corrected chi connectivity index (χ1v) is 8.65. The van der Waals surface area contributed by atoms with Gasteiger partial charge in [-0.1, -0.05) is 12.1 Å². The number of carbonyl (C=O) groups is 2. The van der Waals surface area contributed by atoms with Gasteiger partial charge in [-0.3, -0.25) is 9.59 Å². The molecule has 0 bridgehead atoms. The van der Waals surface area contributed by atoms with Crippen LogP contribution in [0.25, 0.3) is 0 Å². The highest BCUT2D eigenvalue weighted by atomic mass is 16.3. The van der Waals surface area contributed by atoms with Crippen LogP contribution in [0.4, 0.5) is 0 Å². The van der Waals surface area contributed by atoms with Crippen molar-refractivity contribution < 1.29 is 14.7 Å². The van der Waals surface area contributed by atoms with Gasteiger partial charge in [0.25, 0.3) is 5.91 Å². The van der Waals surface area contributed by atoms with Crippen molar-refractivity contribution in [3.63, 3.8) is 0 Å². The maximum absolute atomic E-state index is 12.7. The lowest BCUT2D eigenvalue weighted by molar-refractivity contribution is -0.138. The van der Waals surface area contributed by atoms with Crippen molar-refractivity contribution in [2.75, 3.05) is 32.7 Å². The molecule has 2 aliphatic rings. The molecule has 2 amide bonds. The summed E-state index contributed by atoms with van der Waals surface area (Å²) in [5.74, 6) is 0.153. The number of amides is 2. The number of rotatable bonds is 2. The van der Waals surface area contributed by atoms with Crippen LogP contribution in [0.3, 0.4) is 0 Å². The zero-order valence-electron chi connectivity index (χ0n) is 14.1. The van der Waals surface area contributed by atoms with Crippen LogP contribution in [0.5, 0.6) is 5.75 Å². The number of hydrogen-bond acceptors (Lipinski definition) is 4. The van der Waals surface area contributed by atoms with E-state index in [1.807, 2.05) is 4.90 Å². The van der Waals surface area contributed by atoms with E-state index >= 15 is 0 Å². The summed E-state index contributed by atoms with van der Waals surface area (Å²) in [6.45, 7) is 5.16. The number of nitrogens with one attached hydrogen (secondary N) is 1. The van der Waals surface area contributed by atoms with E-state index in [2.05, 4.69) is 12.2 Å². The van der Waals surface area contributed by atoms with Gasteiger partial charge in [-0.2, -0.15) is 0 Å². The average molecular weight is 331 g/mol. The molecule has 1 aromatic carbocycles. The highest BCUT2D eigenvalue weighted by Gasteiger charge is 2.31. The van der Waals surface area contributed by atoms with Gasteiger partial charge in [-0.05, 0) is 38.4 Å². The SMILES string of the molecule is C[C@H]1C[C@@H](C(=O)N2CCN(C(=O)c3ccccc3O)CC2)CCN1. The molecule has 3 rings (SSSR count). The van der Waals surface area contributed by atoms with Crippen molar-refractivity contribution >= 4 is 11.8 Å². The first-order chi connectivity index (χ1) is 11.6.